The van der Waals surface area contributed by atoms with E-state index in [4.69, 9.17) is 5.14 Å². The van der Waals surface area contributed by atoms with Crippen molar-refractivity contribution in [2.24, 2.45) is 5.14 Å². The van der Waals surface area contributed by atoms with Crippen molar-refractivity contribution < 1.29 is 13.2 Å². The van der Waals surface area contributed by atoms with Crippen LogP contribution in [0.1, 0.15) is 34.7 Å². The fraction of sp³-hybridized carbons (Fsp3) is 0.250. The summed E-state index contributed by atoms with van der Waals surface area (Å²) < 4.78 is 22.6. The monoisotopic (exact) mass is 333 g/mol. The van der Waals surface area contributed by atoms with Crippen LogP contribution < -0.4 is 5.14 Å². The lowest BCUT2D eigenvalue weighted by molar-refractivity contribution is 0.0736. The molecule has 0 spiro atoms. The number of hydrogen-bond acceptors (Lipinski definition) is 4. The minimum atomic E-state index is -3.72. The molecular formula is C16H19N3O3S. The van der Waals surface area contributed by atoms with Gasteiger partial charge in [-0.15, -0.1) is 0 Å². The molecule has 2 N–H and O–H groups in total. The maximum atomic E-state index is 12.5. The highest BCUT2D eigenvalue weighted by Crippen LogP contribution is 2.21. The van der Waals surface area contributed by atoms with E-state index >= 15 is 0 Å². The smallest absolute Gasteiger partial charge is 0.272 e. The fourth-order valence-electron chi connectivity index (χ4n) is 2.18. The number of nitrogens with two attached hydrogens (primary N) is 1. The van der Waals surface area contributed by atoms with Crippen molar-refractivity contribution in [2.45, 2.75) is 24.8 Å². The zero-order valence-corrected chi connectivity index (χ0v) is 14.0. The van der Waals surface area contributed by atoms with Gasteiger partial charge in [-0.25, -0.2) is 18.5 Å². The third kappa shape index (κ3) is 3.94. The Hall–Kier alpha value is -2.25. The van der Waals surface area contributed by atoms with Crippen LogP contribution in [0.5, 0.6) is 0 Å². The van der Waals surface area contributed by atoms with Gasteiger partial charge in [0.15, 0.2) is 0 Å². The molecule has 0 fully saturated rings. The second-order valence-electron chi connectivity index (χ2n) is 5.37. The molecule has 0 unspecified atom stereocenters. The molecule has 0 aliphatic heterocycles. The molecule has 0 saturated carbocycles. The number of primary sulfonamides is 1. The predicted octanol–water partition coefficient (Wildman–Crippen LogP) is 1.87. The van der Waals surface area contributed by atoms with E-state index in [1.54, 1.807) is 36.2 Å². The molecular weight excluding hydrogens is 314 g/mol. The van der Waals surface area contributed by atoms with Crippen LogP contribution >= 0.6 is 0 Å². The van der Waals surface area contributed by atoms with Gasteiger partial charge in [0.05, 0.1) is 10.9 Å². The van der Waals surface area contributed by atoms with Gasteiger partial charge in [-0.2, -0.15) is 0 Å². The van der Waals surface area contributed by atoms with E-state index in [-0.39, 0.29) is 16.8 Å². The zero-order valence-electron chi connectivity index (χ0n) is 13.2. The molecule has 0 radical (unpaired) electrons. The Balaban J connectivity index is 2.22. The third-order valence-electron chi connectivity index (χ3n) is 3.70. The quantitative estimate of drug-likeness (QED) is 0.924. The lowest BCUT2D eigenvalue weighted by atomic mass is 10.1. The van der Waals surface area contributed by atoms with Gasteiger partial charge in [-0.3, -0.25) is 4.79 Å². The van der Waals surface area contributed by atoms with Crippen molar-refractivity contribution >= 4 is 15.9 Å². The van der Waals surface area contributed by atoms with E-state index in [9.17, 15) is 13.2 Å². The first-order valence-corrected chi connectivity index (χ1v) is 8.58. The van der Waals surface area contributed by atoms with Gasteiger partial charge < -0.3 is 4.90 Å². The Labute approximate surface area is 136 Å². The number of pyridine rings is 1. The summed E-state index contributed by atoms with van der Waals surface area (Å²) in [6.07, 6.45) is 0. The number of sulfonamides is 1. The van der Waals surface area contributed by atoms with Gasteiger partial charge in [0, 0.05) is 12.7 Å². The van der Waals surface area contributed by atoms with Crippen molar-refractivity contribution in [3.05, 3.63) is 59.4 Å². The second kappa shape index (κ2) is 6.47. The third-order valence-corrected chi connectivity index (χ3v) is 4.63. The molecule has 0 aliphatic carbocycles. The van der Waals surface area contributed by atoms with Gasteiger partial charge in [-0.1, -0.05) is 18.2 Å². The number of aryl methyl sites for hydroxylation is 1. The number of benzene rings is 1. The highest BCUT2D eigenvalue weighted by atomic mass is 32.2. The van der Waals surface area contributed by atoms with Crippen molar-refractivity contribution in [1.29, 1.82) is 0 Å². The van der Waals surface area contributed by atoms with Crippen molar-refractivity contribution in [1.82, 2.24) is 9.88 Å². The van der Waals surface area contributed by atoms with E-state index in [0.29, 0.717) is 5.69 Å². The summed E-state index contributed by atoms with van der Waals surface area (Å²) in [5.41, 5.74) is 1.95. The molecule has 1 aromatic heterocycles. The van der Waals surface area contributed by atoms with Crippen molar-refractivity contribution in [3.63, 3.8) is 0 Å². The van der Waals surface area contributed by atoms with Gasteiger partial charge in [0.1, 0.15) is 5.69 Å². The van der Waals surface area contributed by atoms with Gasteiger partial charge >= 0.3 is 0 Å². The summed E-state index contributed by atoms with van der Waals surface area (Å²) in [7, 11) is -2.04. The van der Waals surface area contributed by atoms with Crippen LogP contribution in [-0.2, 0) is 10.0 Å². The molecule has 1 atom stereocenters. The lowest BCUT2D eigenvalue weighted by Gasteiger charge is -2.25. The average Bonchev–Trinajstić information content (AvgIpc) is 2.52. The molecule has 0 saturated heterocycles. The van der Waals surface area contributed by atoms with E-state index in [1.807, 2.05) is 19.9 Å². The zero-order chi connectivity index (χ0) is 17.2. The van der Waals surface area contributed by atoms with Crippen LogP contribution in [0.2, 0.25) is 0 Å². The summed E-state index contributed by atoms with van der Waals surface area (Å²) in [5, 5.41) is 5.08. The van der Waals surface area contributed by atoms with Gasteiger partial charge in [0.2, 0.25) is 10.0 Å². The number of rotatable bonds is 4. The van der Waals surface area contributed by atoms with E-state index in [0.717, 1.165) is 11.3 Å². The molecule has 7 heteroatoms. The Morgan fingerprint density at radius 2 is 1.78 bits per heavy atom. The van der Waals surface area contributed by atoms with E-state index in [1.165, 1.54) is 12.1 Å². The summed E-state index contributed by atoms with van der Waals surface area (Å²) in [6, 6.07) is 11.2. The Morgan fingerprint density at radius 3 is 2.30 bits per heavy atom. The Kier molecular flexibility index (Phi) is 4.82. The van der Waals surface area contributed by atoms with Gasteiger partial charge in [0.25, 0.3) is 5.91 Å². The number of hydrogen-bond donors (Lipinski definition) is 1. The minimum absolute atomic E-state index is 0.0442. The highest BCUT2D eigenvalue weighted by Gasteiger charge is 2.20. The summed E-state index contributed by atoms with van der Waals surface area (Å²) in [5.74, 6) is -0.197. The maximum Gasteiger partial charge on any atom is 0.272 e. The standard InChI is InChI=1S/C16H19N3O3S/c1-11-5-4-6-15(18-11)16(20)19(3)12(2)13-7-9-14(10-8-13)23(17,21)22/h4-10,12H,1-3H3,(H2,17,21,22)/t12-/m1/s1. The van der Waals surface area contributed by atoms with Crippen LogP contribution in [0.3, 0.4) is 0 Å². The SMILES string of the molecule is Cc1cccc(C(=O)N(C)[C@H](C)c2ccc(S(N)(=O)=O)cc2)n1. The molecule has 2 aromatic rings. The fourth-order valence-corrected chi connectivity index (χ4v) is 2.69. The molecule has 0 aliphatic rings. The maximum absolute atomic E-state index is 12.5. The first kappa shape index (κ1) is 17.1. The first-order valence-electron chi connectivity index (χ1n) is 7.03. The number of amides is 1. The highest BCUT2D eigenvalue weighted by molar-refractivity contribution is 7.89. The number of carbonyl (C=O) groups is 1. The second-order valence-corrected chi connectivity index (χ2v) is 6.93. The Morgan fingerprint density at radius 1 is 1.17 bits per heavy atom. The summed E-state index contributed by atoms with van der Waals surface area (Å²) in [4.78, 5) is 18.3. The van der Waals surface area contributed by atoms with Crippen molar-refractivity contribution in [2.75, 3.05) is 7.05 Å². The van der Waals surface area contributed by atoms with Crippen LogP contribution in [0.15, 0.2) is 47.4 Å². The van der Waals surface area contributed by atoms with Crippen LogP contribution in [0, 0.1) is 6.92 Å². The molecule has 6 nitrogen and oxygen atoms in total. The number of aromatic nitrogens is 1. The topological polar surface area (TPSA) is 93.4 Å². The number of nitrogens with zero attached hydrogens (tertiary/aromatic N) is 2. The molecule has 23 heavy (non-hydrogen) atoms. The first-order chi connectivity index (χ1) is 10.7. The average molecular weight is 333 g/mol. The van der Waals surface area contributed by atoms with Crippen LogP contribution in [0.25, 0.3) is 0 Å². The van der Waals surface area contributed by atoms with E-state index < -0.39 is 10.0 Å². The molecule has 1 amide bonds. The van der Waals surface area contributed by atoms with Crippen LogP contribution in [-0.4, -0.2) is 31.3 Å². The predicted molar refractivity (Wildman–Crippen MR) is 87.3 cm³/mol. The molecule has 1 aromatic carbocycles. The van der Waals surface area contributed by atoms with Crippen molar-refractivity contribution in [3.8, 4) is 0 Å². The summed E-state index contributed by atoms with van der Waals surface area (Å²) in [6.45, 7) is 3.69. The summed E-state index contributed by atoms with van der Waals surface area (Å²) >= 11 is 0. The molecule has 2 rings (SSSR count). The minimum Gasteiger partial charge on any atom is -0.334 e. The van der Waals surface area contributed by atoms with E-state index in [2.05, 4.69) is 4.98 Å². The largest absolute Gasteiger partial charge is 0.334 e. The molecule has 0 bridgehead atoms. The number of carbonyl (C=O) groups excluding carboxylic acids is 1. The van der Waals surface area contributed by atoms with Crippen LogP contribution in [0.4, 0.5) is 0 Å². The Bertz CT molecular complexity index is 817. The normalized spacial score (nSPS) is 12.7. The van der Waals surface area contributed by atoms with Gasteiger partial charge in [-0.05, 0) is 43.7 Å². The lowest BCUT2D eigenvalue weighted by Crippen LogP contribution is -2.30. The molecule has 1 heterocycles. The molecule has 122 valence electrons.